The van der Waals surface area contributed by atoms with E-state index in [4.69, 9.17) is 0 Å². The predicted molar refractivity (Wildman–Crippen MR) is 99.6 cm³/mol. The quantitative estimate of drug-likeness (QED) is 0.404. The van der Waals surface area contributed by atoms with Gasteiger partial charge in [0.1, 0.15) is 0 Å². The Labute approximate surface area is 139 Å². The maximum atomic E-state index is 2.53. The van der Waals surface area contributed by atoms with Gasteiger partial charge in [0.2, 0.25) is 0 Å². The molecule has 0 bridgehead atoms. The molecule has 1 aromatic rings. The van der Waals surface area contributed by atoms with Crippen molar-refractivity contribution in [1.29, 1.82) is 0 Å². The standard InChI is InChI=1S/C21H37N/c1-4-22(5-2)19-15-11-9-7-6-8-10-12-17-21-18-14-13-16-20(21)3/h13-14,16,18H,4-12,15,17,19H2,1-3H3. The molecule has 1 aromatic carbocycles. The van der Waals surface area contributed by atoms with Crippen LogP contribution in [0.4, 0.5) is 0 Å². The topological polar surface area (TPSA) is 3.24 Å². The van der Waals surface area contributed by atoms with Crippen LogP contribution in [0.2, 0.25) is 0 Å². The third-order valence-corrected chi connectivity index (χ3v) is 4.83. The third-order valence-electron chi connectivity index (χ3n) is 4.83. The summed E-state index contributed by atoms with van der Waals surface area (Å²) in [5.74, 6) is 0. The highest BCUT2D eigenvalue weighted by molar-refractivity contribution is 5.25. The van der Waals surface area contributed by atoms with E-state index < -0.39 is 0 Å². The van der Waals surface area contributed by atoms with Gasteiger partial charge in [-0.15, -0.1) is 0 Å². The van der Waals surface area contributed by atoms with E-state index in [9.17, 15) is 0 Å². The molecule has 0 aliphatic carbocycles. The molecule has 0 saturated heterocycles. The minimum Gasteiger partial charge on any atom is -0.304 e. The van der Waals surface area contributed by atoms with Crippen LogP contribution >= 0.6 is 0 Å². The second-order valence-corrected chi connectivity index (χ2v) is 6.53. The lowest BCUT2D eigenvalue weighted by Crippen LogP contribution is -2.23. The van der Waals surface area contributed by atoms with Crippen molar-refractivity contribution < 1.29 is 0 Å². The lowest BCUT2D eigenvalue weighted by Gasteiger charge is -2.17. The molecule has 1 rings (SSSR count). The first-order valence-electron chi connectivity index (χ1n) is 9.54. The summed E-state index contributed by atoms with van der Waals surface area (Å²) in [7, 11) is 0. The molecule has 0 unspecified atom stereocenters. The van der Waals surface area contributed by atoms with Gasteiger partial charge < -0.3 is 4.90 Å². The average Bonchev–Trinajstić information content (AvgIpc) is 2.54. The number of hydrogen-bond acceptors (Lipinski definition) is 1. The van der Waals surface area contributed by atoms with Gasteiger partial charge in [-0.05, 0) is 56.9 Å². The first-order chi connectivity index (χ1) is 10.8. The van der Waals surface area contributed by atoms with Crippen molar-refractivity contribution in [1.82, 2.24) is 4.90 Å². The SMILES string of the molecule is CCN(CC)CCCCCCCCCCc1ccccc1C. The summed E-state index contributed by atoms with van der Waals surface area (Å²) >= 11 is 0. The Morgan fingerprint density at radius 1 is 0.727 bits per heavy atom. The van der Waals surface area contributed by atoms with Gasteiger partial charge >= 0.3 is 0 Å². The summed E-state index contributed by atoms with van der Waals surface area (Å²) in [5, 5.41) is 0. The molecule has 0 saturated carbocycles. The van der Waals surface area contributed by atoms with E-state index in [0.717, 1.165) is 0 Å². The Bertz CT molecular complexity index is 368. The molecule has 0 atom stereocenters. The van der Waals surface area contributed by atoms with Crippen LogP contribution in [0.3, 0.4) is 0 Å². The number of benzene rings is 1. The lowest BCUT2D eigenvalue weighted by molar-refractivity contribution is 0.295. The number of nitrogens with zero attached hydrogens (tertiary/aromatic N) is 1. The van der Waals surface area contributed by atoms with Crippen LogP contribution in [0.1, 0.15) is 76.3 Å². The van der Waals surface area contributed by atoms with Crippen LogP contribution in [0.25, 0.3) is 0 Å². The summed E-state index contributed by atoms with van der Waals surface area (Å²) in [6, 6.07) is 8.82. The van der Waals surface area contributed by atoms with Crippen molar-refractivity contribution in [3.63, 3.8) is 0 Å². The van der Waals surface area contributed by atoms with Gasteiger partial charge in [0, 0.05) is 0 Å². The van der Waals surface area contributed by atoms with Crippen LogP contribution in [0.5, 0.6) is 0 Å². The van der Waals surface area contributed by atoms with Gasteiger partial charge in [-0.2, -0.15) is 0 Å². The Morgan fingerprint density at radius 2 is 1.27 bits per heavy atom. The molecule has 22 heavy (non-hydrogen) atoms. The highest BCUT2D eigenvalue weighted by Gasteiger charge is 1.99. The molecular weight excluding hydrogens is 266 g/mol. The Hall–Kier alpha value is -0.820. The highest BCUT2D eigenvalue weighted by atomic mass is 15.1. The minimum atomic E-state index is 1.21. The van der Waals surface area contributed by atoms with Gasteiger partial charge in [0.15, 0.2) is 0 Å². The molecule has 0 N–H and O–H groups in total. The van der Waals surface area contributed by atoms with Crippen LogP contribution in [0, 0.1) is 6.92 Å². The third kappa shape index (κ3) is 8.58. The van der Waals surface area contributed by atoms with E-state index in [-0.39, 0.29) is 0 Å². The van der Waals surface area contributed by atoms with Crippen molar-refractivity contribution in [2.45, 2.75) is 78.6 Å². The van der Waals surface area contributed by atoms with E-state index in [0.29, 0.717) is 0 Å². The van der Waals surface area contributed by atoms with Crippen LogP contribution < -0.4 is 0 Å². The van der Waals surface area contributed by atoms with Crippen LogP contribution in [-0.2, 0) is 6.42 Å². The second kappa shape index (κ2) is 12.7. The fourth-order valence-corrected chi connectivity index (χ4v) is 3.14. The first kappa shape index (κ1) is 19.2. The maximum Gasteiger partial charge on any atom is -0.00190 e. The second-order valence-electron chi connectivity index (χ2n) is 6.53. The Morgan fingerprint density at radius 3 is 1.86 bits per heavy atom. The number of rotatable bonds is 13. The molecule has 126 valence electrons. The summed E-state index contributed by atoms with van der Waals surface area (Å²) in [6.07, 6.45) is 12.5. The molecule has 1 nitrogen and oxygen atoms in total. The Balaban J connectivity index is 1.89. The molecule has 0 heterocycles. The van der Waals surface area contributed by atoms with E-state index in [2.05, 4.69) is 49.9 Å². The fourth-order valence-electron chi connectivity index (χ4n) is 3.14. The van der Waals surface area contributed by atoms with Crippen molar-refractivity contribution >= 4 is 0 Å². The van der Waals surface area contributed by atoms with Crippen molar-refractivity contribution in [2.24, 2.45) is 0 Å². The number of hydrogen-bond donors (Lipinski definition) is 0. The molecule has 0 amide bonds. The zero-order valence-electron chi connectivity index (χ0n) is 15.2. The molecule has 0 aliphatic rings. The van der Waals surface area contributed by atoms with Crippen molar-refractivity contribution in [2.75, 3.05) is 19.6 Å². The van der Waals surface area contributed by atoms with Gasteiger partial charge in [0.25, 0.3) is 0 Å². The zero-order chi connectivity index (χ0) is 16.0. The molecular formula is C21H37N. The zero-order valence-corrected chi connectivity index (χ0v) is 15.2. The average molecular weight is 304 g/mol. The summed E-state index contributed by atoms with van der Waals surface area (Å²) in [6.45, 7) is 10.5. The minimum absolute atomic E-state index is 1.21. The highest BCUT2D eigenvalue weighted by Crippen LogP contribution is 2.14. The molecule has 0 aliphatic heterocycles. The predicted octanol–water partition coefficient (Wildman–Crippen LogP) is 6.00. The fraction of sp³-hybridized carbons (Fsp3) is 0.714. The van der Waals surface area contributed by atoms with Gasteiger partial charge in [-0.1, -0.05) is 76.6 Å². The monoisotopic (exact) mass is 303 g/mol. The van der Waals surface area contributed by atoms with Gasteiger partial charge in [-0.25, -0.2) is 0 Å². The molecule has 0 aromatic heterocycles. The maximum absolute atomic E-state index is 2.53. The van der Waals surface area contributed by atoms with Gasteiger partial charge in [0.05, 0.1) is 0 Å². The van der Waals surface area contributed by atoms with E-state index >= 15 is 0 Å². The lowest BCUT2D eigenvalue weighted by atomic mass is 10.0. The molecule has 0 fully saturated rings. The van der Waals surface area contributed by atoms with Crippen LogP contribution in [-0.4, -0.2) is 24.5 Å². The normalized spacial score (nSPS) is 11.3. The van der Waals surface area contributed by atoms with Crippen molar-refractivity contribution in [3.05, 3.63) is 35.4 Å². The number of unbranched alkanes of at least 4 members (excludes halogenated alkanes) is 7. The van der Waals surface area contributed by atoms with Crippen molar-refractivity contribution in [3.8, 4) is 0 Å². The summed E-state index contributed by atoms with van der Waals surface area (Å²) in [5.41, 5.74) is 3.00. The Kier molecular flexibility index (Phi) is 11.1. The smallest absolute Gasteiger partial charge is 0.00190 e. The largest absolute Gasteiger partial charge is 0.304 e. The van der Waals surface area contributed by atoms with E-state index in [1.54, 1.807) is 5.56 Å². The van der Waals surface area contributed by atoms with Crippen LogP contribution in [0.15, 0.2) is 24.3 Å². The first-order valence-corrected chi connectivity index (χ1v) is 9.54. The van der Waals surface area contributed by atoms with Gasteiger partial charge in [-0.3, -0.25) is 0 Å². The number of aryl methyl sites for hydroxylation is 2. The van der Waals surface area contributed by atoms with E-state index in [1.807, 2.05) is 0 Å². The van der Waals surface area contributed by atoms with E-state index in [1.165, 1.54) is 83.0 Å². The summed E-state index contributed by atoms with van der Waals surface area (Å²) in [4.78, 5) is 2.53. The summed E-state index contributed by atoms with van der Waals surface area (Å²) < 4.78 is 0. The molecule has 0 spiro atoms. The molecule has 0 radical (unpaired) electrons. The molecule has 1 heteroatoms.